The van der Waals surface area contributed by atoms with Gasteiger partial charge in [0.1, 0.15) is 11.5 Å². The van der Waals surface area contributed by atoms with E-state index in [-0.39, 0.29) is 23.0 Å². The summed E-state index contributed by atoms with van der Waals surface area (Å²) >= 11 is 7.36. The third-order valence-corrected chi connectivity index (χ3v) is 5.85. The number of hydrogen-bond acceptors (Lipinski definition) is 8. The summed E-state index contributed by atoms with van der Waals surface area (Å²) in [5, 5.41) is 23.1. The summed E-state index contributed by atoms with van der Waals surface area (Å²) in [5.41, 5.74) is 0.0679. The Bertz CT molecular complexity index is 1160. The van der Waals surface area contributed by atoms with Crippen LogP contribution in [0.1, 0.15) is 25.8 Å². The van der Waals surface area contributed by atoms with Crippen LogP contribution in [0.4, 0.5) is 11.4 Å². The molecule has 1 aromatic heterocycles. The van der Waals surface area contributed by atoms with Gasteiger partial charge in [0, 0.05) is 18.7 Å². The first kappa shape index (κ1) is 24.3. The van der Waals surface area contributed by atoms with Crippen molar-refractivity contribution in [2.24, 2.45) is 0 Å². The predicted octanol–water partition coefficient (Wildman–Crippen LogP) is 4.74. The van der Waals surface area contributed by atoms with Gasteiger partial charge in [-0.3, -0.25) is 14.9 Å². The zero-order valence-electron chi connectivity index (χ0n) is 18.1. The van der Waals surface area contributed by atoms with E-state index in [9.17, 15) is 14.9 Å². The number of rotatable bonds is 10. The number of nitrogens with zero attached hydrogens (tertiary/aromatic N) is 4. The van der Waals surface area contributed by atoms with E-state index < -0.39 is 11.0 Å². The van der Waals surface area contributed by atoms with Gasteiger partial charge in [-0.25, -0.2) is 0 Å². The van der Waals surface area contributed by atoms with Gasteiger partial charge in [0.15, 0.2) is 17.1 Å². The molecule has 10 nitrogen and oxygen atoms in total. The van der Waals surface area contributed by atoms with Crippen molar-refractivity contribution < 1.29 is 19.2 Å². The Labute approximate surface area is 199 Å². The van der Waals surface area contributed by atoms with E-state index in [4.69, 9.17) is 21.1 Å². The number of carbonyl (C=O) groups is 1. The maximum atomic E-state index is 12.5. The number of ether oxygens (including phenoxy) is 2. The van der Waals surface area contributed by atoms with E-state index >= 15 is 0 Å². The summed E-state index contributed by atoms with van der Waals surface area (Å²) in [6.07, 6.45) is -0.422. The molecule has 1 heterocycles. The van der Waals surface area contributed by atoms with Crippen LogP contribution in [-0.2, 0) is 11.3 Å². The van der Waals surface area contributed by atoms with Crippen LogP contribution < -0.4 is 14.8 Å². The minimum Gasteiger partial charge on any atom is -0.495 e. The molecule has 1 unspecified atom stereocenters. The van der Waals surface area contributed by atoms with Crippen LogP contribution in [0.15, 0.2) is 47.6 Å². The van der Waals surface area contributed by atoms with Crippen LogP contribution in [-0.4, -0.2) is 38.5 Å². The highest BCUT2D eigenvalue weighted by Crippen LogP contribution is 2.31. The molecule has 1 N–H and O–H groups in total. The monoisotopic (exact) mass is 491 g/mol. The molecule has 0 saturated carbocycles. The Morgan fingerprint density at radius 2 is 2.03 bits per heavy atom. The van der Waals surface area contributed by atoms with Gasteiger partial charge in [0.05, 0.1) is 28.5 Å². The lowest BCUT2D eigenvalue weighted by atomic mass is 10.2. The van der Waals surface area contributed by atoms with Crippen molar-refractivity contribution in [2.45, 2.75) is 31.7 Å². The van der Waals surface area contributed by atoms with E-state index in [1.165, 1.54) is 37.1 Å². The van der Waals surface area contributed by atoms with Crippen LogP contribution in [0.3, 0.4) is 0 Å². The molecule has 33 heavy (non-hydrogen) atoms. The maximum absolute atomic E-state index is 12.5. The average Bonchev–Trinajstić information content (AvgIpc) is 3.22. The standard InChI is InChI=1S/C21H22ClN5O5S/c1-4-26-20(13(2)32-17-8-6-5-7-15(17)22)24-25-21(26)33-12-19(28)23-16-11-14(27(29)30)9-10-18(16)31-3/h5-11,13H,4,12H2,1-3H3,(H,23,28). The summed E-state index contributed by atoms with van der Waals surface area (Å²) in [5.74, 6) is 1.11. The molecule has 174 valence electrons. The number of anilines is 1. The number of amides is 1. The van der Waals surface area contributed by atoms with Crippen molar-refractivity contribution in [3.8, 4) is 11.5 Å². The molecule has 0 radical (unpaired) electrons. The number of non-ortho nitro benzene ring substituents is 1. The molecule has 1 atom stereocenters. The Hall–Kier alpha value is -3.31. The minimum absolute atomic E-state index is 0.0176. The highest BCUT2D eigenvalue weighted by atomic mass is 35.5. The average molecular weight is 492 g/mol. The molecule has 0 aliphatic carbocycles. The van der Waals surface area contributed by atoms with Gasteiger partial charge in [-0.15, -0.1) is 10.2 Å². The van der Waals surface area contributed by atoms with Crippen LogP contribution in [0.5, 0.6) is 11.5 Å². The second kappa shape index (κ2) is 11.0. The number of carbonyl (C=O) groups excluding carboxylic acids is 1. The van der Waals surface area contributed by atoms with Gasteiger partial charge in [-0.1, -0.05) is 35.5 Å². The molecule has 12 heteroatoms. The number of nitrogens with one attached hydrogen (secondary N) is 1. The van der Waals surface area contributed by atoms with E-state index in [0.717, 1.165) is 0 Å². The lowest BCUT2D eigenvalue weighted by molar-refractivity contribution is -0.384. The molecule has 1 amide bonds. The first-order valence-corrected chi connectivity index (χ1v) is 11.3. The van der Waals surface area contributed by atoms with Crippen molar-refractivity contribution >= 4 is 40.6 Å². The van der Waals surface area contributed by atoms with Crippen LogP contribution in [0.2, 0.25) is 5.02 Å². The summed E-state index contributed by atoms with van der Waals surface area (Å²) in [6.45, 7) is 4.35. The van der Waals surface area contributed by atoms with Gasteiger partial charge >= 0.3 is 0 Å². The van der Waals surface area contributed by atoms with Crippen LogP contribution in [0, 0.1) is 10.1 Å². The topological polar surface area (TPSA) is 121 Å². The normalized spacial score (nSPS) is 11.6. The SMILES string of the molecule is CCn1c(SCC(=O)Nc2cc([N+](=O)[O-])ccc2OC)nnc1C(C)Oc1ccccc1Cl. The van der Waals surface area contributed by atoms with Crippen molar-refractivity contribution in [1.82, 2.24) is 14.8 Å². The molecule has 0 bridgehead atoms. The lowest BCUT2D eigenvalue weighted by Crippen LogP contribution is -2.16. The first-order valence-electron chi connectivity index (χ1n) is 9.93. The van der Waals surface area contributed by atoms with Crippen molar-refractivity contribution in [3.63, 3.8) is 0 Å². The minimum atomic E-state index is -0.541. The highest BCUT2D eigenvalue weighted by Gasteiger charge is 2.21. The summed E-state index contributed by atoms with van der Waals surface area (Å²) in [4.78, 5) is 23.0. The summed E-state index contributed by atoms with van der Waals surface area (Å²) in [7, 11) is 1.42. The zero-order valence-corrected chi connectivity index (χ0v) is 19.7. The number of para-hydroxylation sites is 1. The Morgan fingerprint density at radius 1 is 1.27 bits per heavy atom. The van der Waals surface area contributed by atoms with Gasteiger partial charge in [0.2, 0.25) is 5.91 Å². The molecule has 0 saturated heterocycles. The highest BCUT2D eigenvalue weighted by molar-refractivity contribution is 7.99. The Kier molecular flexibility index (Phi) is 8.12. The molecule has 3 aromatic rings. The van der Waals surface area contributed by atoms with Gasteiger partial charge in [-0.05, 0) is 32.0 Å². The number of nitro benzene ring substituents is 1. The first-order chi connectivity index (χ1) is 15.8. The second-order valence-electron chi connectivity index (χ2n) is 6.75. The third kappa shape index (κ3) is 5.93. The number of hydrogen-bond donors (Lipinski definition) is 1. The number of methoxy groups -OCH3 is 1. The van der Waals surface area contributed by atoms with Gasteiger partial charge in [-0.2, -0.15) is 0 Å². The molecular formula is C21H22ClN5O5S. The molecular weight excluding hydrogens is 470 g/mol. The molecule has 0 spiro atoms. The summed E-state index contributed by atoms with van der Waals surface area (Å²) in [6, 6.07) is 11.1. The molecule has 2 aromatic carbocycles. The number of aromatic nitrogens is 3. The summed E-state index contributed by atoms with van der Waals surface area (Å²) < 4.78 is 13.0. The molecule has 0 fully saturated rings. The third-order valence-electron chi connectivity index (χ3n) is 4.57. The van der Waals surface area contributed by atoms with Gasteiger partial charge < -0.3 is 19.4 Å². The fraction of sp³-hybridized carbons (Fsp3) is 0.286. The van der Waals surface area contributed by atoms with E-state index in [0.29, 0.717) is 34.0 Å². The van der Waals surface area contributed by atoms with Crippen molar-refractivity contribution in [3.05, 3.63) is 63.4 Å². The van der Waals surface area contributed by atoms with Crippen molar-refractivity contribution in [2.75, 3.05) is 18.2 Å². The quantitative estimate of drug-likeness (QED) is 0.245. The Balaban J connectivity index is 1.68. The number of halogens is 1. The fourth-order valence-corrected chi connectivity index (χ4v) is 4.00. The van der Waals surface area contributed by atoms with E-state index in [2.05, 4.69) is 15.5 Å². The predicted molar refractivity (Wildman–Crippen MR) is 125 cm³/mol. The van der Waals surface area contributed by atoms with Crippen molar-refractivity contribution in [1.29, 1.82) is 0 Å². The fourth-order valence-electron chi connectivity index (χ4n) is 3.01. The van der Waals surface area contributed by atoms with Gasteiger partial charge in [0.25, 0.3) is 5.69 Å². The number of nitro groups is 1. The number of thioether (sulfide) groups is 1. The second-order valence-corrected chi connectivity index (χ2v) is 8.10. The smallest absolute Gasteiger partial charge is 0.271 e. The lowest BCUT2D eigenvalue weighted by Gasteiger charge is -2.16. The van der Waals surface area contributed by atoms with E-state index in [1.807, 2.05) is 30.5 Å². The number of benzene rings is 2. The van der Waals surface area contributed by atoms with Crippen LogP contribution in [0.25, 0.3) is 0 Å². The molecule has 0 aliphatic rings. The maximum Gasteiger partial charge on any atom is 0.271 e. The molecule has 3 rings (SSSR count). The largest absolute Gasteiger partial charge is 0.495 e. The van der Waals surface area contributed by atoms with E-state index in [1.54, 1.807) is 12.1 Å². The van der Waals surface area contributed by atoms with Crippen LogP contribution >= 0.6 is 23.4 Å². The Morgan fingerprint density at radius 3 is 2.70 bits per heavy atom. The molecule has 0 aliphatic heterocycles. The zero-order chi connectivity index (χ0) is 24.0.